The maximum Gasteiger partial charge on any atom is 0.194 e. The zero-order valence-corrected chi connectivity index (χ0v) is 19.6. The number of likely N-dealkylation sites (tertiary alicyclic amines) is 1. The van der Waals surface area contributed by atoms with E-state index in [9.17, 15) is 0 Å². The molecule has 0 aliphatic carbocycles. The molecule has 2 saturated heterocycles. The number of hydrogen-bond donors (Lipinski definition) is 1. The van der Waals surface area contributed by atoms with Crippen LogP contribution in [0.5, 0.6) is 0 Å². The molecule has 0 aromatic carbocycles. The molecular formula is C21H36IN3O3. The lowest BCUT2D eigenvalue weighted by molar-refractivity contribution is -0.0367. The highest BCUT2D eigenvalue weighted by Crippen LogP contribution is 2.18. The highest BCUT2D eigenvalue weighted by molar-refractivity contribution is 14.0. The minimum absolute atomic E-state index is 0. The van der Waals surface area contributed by atoms with Crippen molar-refractivity contribution in [2.45, 2.75) is 70.6 Å². The van der Waals surface area contributed by atoms with E-state index in [0.29, 0.717) is 18.2 Å². The molecule has 1 N–H and O–H groups in total. The number of ether oxygens (including phenoxy) is 2. The van der Waals surface area contributed by atoms with Crippen LogP contribution < -0.4 is 5.32 Å². The molecule has 0 saturated carbocycles. The second-order valence-corrected chi connectivity index (χ2v) is 7.64. The van der Waals surface area contributed by atoms with Gasteiger partial charge in [0.05, 0.1) is 25.1 Å². The molecule has 28 heavy (non-hydrogen) atoms. The van der Waals surface area contributed by atoms with Crippen LogP contribution in [-0.2, 0) is 15.9 Å². The molecule has 0 bridgehead atoms. The average Bonchev–Trinajstić information content (AvgIpc) is 3.40. The number of rotatable bonds is 8. The zero-order valence-electron chi connectivity index (χ0n) is 17.3. The summed E-state index contributed by atoms with van der Waals surface area (Å²) in [4.78, 5) is 7.23. The van der Waals surface area contributed by atoms with E-state index in [1.54, 1.807) is 6.26 Å². The monoisotopic (exact) mass is 505 g/mol. The van der Waals surface area contributed by atoms with Crippen LogP contribution in [0, 0.1) is 0 Å². The lowest BCUT2D eigenvalue weighted by Gasteiger charge is -2.35. The van der Waals surface area contributed by atoms with Gasteiger partial charge in [0.15, 0.2) is 5.96 Å². The highest BCUT2D eigenvalue weighted by Gasteiger charge is 2.24. The Hall–Kier alpha value is -0.800. The maximum atomic E-state index is 6.10. The van der Waals surface area contributed by atoms with E-state index in [1.807, 2.05) is 12.1 Å². The second kappa shape index (κ2) is 12.7. The minimum atomic E-state index is 0. The molecule has 7 heteroatoms. The number of furan rings is 1. The van der Waals surface area contributed by atoms with E-state index in [-0.39, 0.29) is 24.0 Å². The molecule has 3 heterocycles. The number of guanidine groups is 1. The summed E-state index contributed by atoms with van der Waals surface area (Å²) in [5, 5.41) is 3.59. The van der Waals surface area contributed by atoms with Crippen LogP contribution in [0.2, 0.25) is 0 Å². The SMILES string of the molecule is CCC(C)NC(=NCCc1ccco1)N1CCC(OCC2CCCO2)CC1.I. The Balaban J connectivity index is 0.00000280. The molecular weight excluding hydrogens is 469 g/mol. The van der Waals surface area contributed by atoms with Crippen molar-refractivity contribution in [1.29, 1.82) is 0 Å². The van der Waals surface area contributed by atoms with Crippen LogP contribution in [0.1, 0.15) is 51.7 Å². The van der Waals surface area contributed by atoms with E-state index in [4.69, 9.17) is 18.9 Å². The predicted octanol–water partition coefficient (Wildman–Crippen LogP) is 3.84. The van der Waals surface area contributed by atoms with Crippen LogP contribution in [0.15, 0.2) is 27.8 Å². The van der Waals surface area contributed by atoms with E-state index < -0.39 is 0 Å². The van der Waals surface area contributed by atoms with Crippen molar-refractivity contribution in [3.8, 4) is 0 Å². The van der Waals surface area contributed by atoms with Crippen molar-refractivity contribution in [1.82, 2.24) is 10.2 Å². The molecule has 0 amide bonds. The molecule has 0 spiro atoms. The average molecular weight is 505 g/mol. The first-order valence-electron chi connectivity index (χ1n) is 10.6. The van der Waals surface area contributed by atoms with E-state index in [1.165, 1.54) is 6.42 Å². The van der Waals surface area contributed by atoms with Crippen LogP contribution in [0.25, 0.3) is 0 Å². The van der Waals surface area contributed by atoms with Gasteiger partial charge in [0.25, 0.3) is 0 Å². The molecule has 3 rings (SSSR count). The van der Waals surface area contributed by atoms with Gasteiger partial charge < -0.3 is 24.1 Å². The van der Waals surface area contributed by atoms with Crippen molar-refractivity contribution >= 4 is 29.9 Å². The summed E-state index contributed by atoms with van der Waals surface area (Å²) in [5.41, 5.74) is 0. The highest BCUT2D eigenvalue weighted by atomic mass is 127. The molecule has 2 atom stereocenters. The van der Waals surface area contributed by atoms with Gasteiger partial charge in [-0.25, -0.2) is 0 Å². The molecule has 6 nitrogen and oxygen atoms in total. The molecule has 2 fully saturated rings. The van der Waals surface area contributed by atoms with Crippen molar-refractivity contribution in [3.63, 3.8) is 0 Å². The Labute approximate surface area is 186 Å². The quantitative estimate of drug-likeness (QED) is 0.331. The molecule has 160 valence electrons. The normalized spacial score (nSPS) is 22.1. The largest absolute Gasteiger partial charge is 0.469 e. The third-order valence-electron chi connectivity index (χ3n) is 5.47. The fourth-order valence-electron chi connectivity index (χ4n) is 3.54. The van der Waals surface area contributed by atoms with Gasteiger partial charge in [0.2, 0.25) is 0 Å². The van der Waals surface area contributed by atoms with Gasteiger partial charge in [-0.05, 0) is 51.2 Å². The number of nitrogens with one attached hydrogen (secondary N) is 1. The Morgan fingerprint density at radius 2 is 2.18 bits per heavy atom. The number of aliphatic imine (C=N–C) groups is 1. The molecule has 1 aromatic heterocycles. The molecule has 1 aromatic rings. The van der Waals surface area contributed by atoms with Crippen molar-refractivity contribution < 1.29 is 13.9 Å². The van der Waals surface area contributed by atoms with Gasteiger partial charge in [0.1, 0.15) is 5.76 Å². The minimum Gasteiger partial charge on any atom is -0.469 e. The van der Waals surface area contributed by atoms with Crippen LogP contribution in [0.3, 0.4) is 0 Å². The van der Waals surface area contributed by atoms with Crippen molar-refractivity contribution in [3.05, 3.63) is 24.2 Å². The van der Waals surface area contributed by atoms with Gasteiger partial charge in [0, 0.05) is 38.7 Å². The predicted molar refractivity (Wildman–Crippen MR) is 123 cm³/mol. The van der Waals surface area contributed by atoms with Crippen molar-refractivity contribution in [2.24, 2.45) is 4.99 Å². The standard InChI is InChI=1S/C21H35N3O3.HI/c1-3-17(2)23-21(22-11-8-18-6-4-14-25-18)24-12-9-19(10-13-24)27-16-20-7-5-15-26-20;/h4,6,14,17,19-20H,3,5,7-13,15-16H2,1-2H3,(H,22,23);1H. The van der Waals surface area contributed by atoms with Gasteiger partial charge in [-0.15, -0.1) is 24.0 Å². The van der Waals surface area contributed by atoms with Gasteiger partial charge in [-0.2, -0.15) is 0 Å². The first kappa shape index (κ1) is 23.5. The summed E-state index contributed by atoms with van der Waals surface area (Å²) in [6.45, 7) is 8.76. The second-order valence-electron chi connectivity index (χ2n) is 7.64. The molecule has 2 aliphatic heterocycles. The summed E-state index contributed by atoms with van der Waals surface area (Å²) in [7, 11) is 0. The van der Waals surface area contributed by atoms with Gasteiger partial charge in [-0.3, -0.25) is 4.99 Å². The lowest BCUT2D eigenvalue weighted by Crippen LogP contribution is -2.49. The third kappa shape index (κ3) is 7.55. The smallest absolute Gasteiger partial charge is 0.194 e. The molecule has 0 radical (unpaired) electrons. The van der Waals surface area contributed by atoms with E-state index in [0.717, 1.165) is 76.7 Å². The topological polar surface area (TPSA) is 59.2 Å². The number of piperidine rings is 1. The van der Waals surface area contributed by atoms with Crippen LogP contribution >= 0.6 is 24.0 Å². The molecule has 2 aliphatic rings. The first-order valence-corrected chi connectivity index (χ1v) is 10.6. The maximum absolute atomic E-state index is 6.10. The third-order valence-corrected chi connectivity index (χ3v) is 5.47. The van der Waals surface area contributed by atoms with E-state index >= 15 is 0 Å². The summed E-state index contributed by atoms with van der Waals surface area (Å²) in [6, 6.07) is 4.35. The van der Waals surface area contributed by atoms with E-state index in [2.05, 4.69) is 24.1 Å². The summed E-state index contributed by atoms with van der Waals surface area (Å²) < 4.78 is 17.2. The lowest BCUT2D eigenvalue weighted by atomic mass is 10.1. The van der Waals surface area contributed by atoms with Crippen LogP contribution in [0.4, 0.5) is 0 Å². The summed E-state index contributed by atoms with van der Waals surface area (Å²) in [6.07, 6.45) is 8.71. The molecule has 2 unspecified atom stereocenters. The Kier molecular flexibility index (Phi) is 10.6. The van der Waals surface area contributed by atoms with Crippen LogP contribution in [-0.4, -0.2) is 62.0 Å². The summed E-state index contributed by atoms with van der Waals surface area (Å²) >= 11 is 0. The van der Waals surface area contributed by atoms with Crippen molar-refractivity contribution in [2.75, 3.05) is 32.8 Å². The number of nitrogens with zero attached hydrogens (tertiary/aromatic N) is 2. The van der Waals surface area contributed by atoms with Gasteiger partial charge >= 0.3 is 0 Å². The summed E-state index contributed by atoms with van der Waals surface area (Å²) in [5.74, 6) is 2.01. The fraction of sp³-hybridized carbons (Fsp3) is 0.762. The zero-order chi connectivity index (χ0) is 18.9. The fourth-order valence-corrected chi connectivity index (χ4v) is 3.54. The Morgan fingerprint density at radius 1 is 1.36 bits per heavy atom. The number of halogens is 1. The Morgan fingerprint density at radius 3 is 2.82 bits per heavy atom. The first-order chi connectivity index (χ1) is 13.2. The number of hydrogen-bond acceptors (Lipinski definition) is 4. The van der Waals surface area contributed by atoms with Gasteiger partial charge in [-0.1, -0.05) is 6.92 Å². The Bertz CT molecular complexity index is 553.